The van der Waals surface area contributed by atoms with Crippen molar-refractivity contribution >= 4 is 12.1 Å². The number of ether oxygens (including phenoxy) is 2. The lowest BCUT2D eigenvalue weighted by Crippen LogP contribution is -2.58. The molecule has 6 heteroatoms. The fourth-order valence-electron chi connectivity index (χ4n) is 2.45. The van der Waals surface area contributed by atoms with Gasteiger partial charge < -0.3 is 14.6 Å². The van der Waals surface area contributed by atoms with E-state index in [0.29, 0.717) is 0 Å². The third-order valence-electron chi connectivity index (χ3n) is 3.37. The molecule has 0 spiro atoms. The number of carboxylic acids is 1. The van der Waals surface area contributed by atoms with Crippen LogP contribution in [0.1, 0.15) is 19.4 Å². The first-order chi connectivity index (χ1) is 9.99. The number of morpholine rings is 1. The van der Waals surface area contributed by atoms with Crippen LogP contribution in [0.25, 0.3) is 0 Å². The number of amides is 1. The number of hydrogen-bond donors (Lipinski definition) is 1. The summed E-state index contributed by atoms with van der Waals surface area (Å²) in [5, 5.41) is 9.27. The van der Waals surface area contributed by atoms with E-state index in [4.69, 9.17) is 9.47 Å². The van der Waals surface area contributed by atoms with Crippen molar-refractivity contribution in [1.82, 2.24) is 4.90 Å². The Morgan fingerprint density at radius 2 is 2.00 bits per heavy atom. The van der Waals surface area contributed by atoms with Crippen molar-refractivity contribution in [3.63, 3.8) is 0 Å². The largest absolute Gasteiger partial charge is 0.480 e. The summed E-state index contributed by atoms with van der Waals surface area (Å²) in [6.45, 7) is 3.76. The van der Waals surface area contributed by atoms with Crippen molar-refractivity contribution in [3.8, 4) is 0 Å². The summed E-state index contributed by atoms with van der Waals surface area (Å²) in [4.78, 5) is 24.7. The van der Waals surface area contributed by atoms with Gasteiger partial charge in [0.15, 0.2) is 6.04 Å². The number of carbonyl (C=O) groups excluding carboxylic acids is 1. The van der Waals surface area contributed by atoms with Gasteiger partial charge in [-0.25, -0.2) is 9.59 Å². The maximum Gasteiger partial charge on any atom is 0.411 e. The van der Waals surface area contributed by atoms with Crippen LogP contribution in [0, 0.1) is 0 Å². The zero-order chi connectivity index (χ0) is 15.4. The minimum Gasteiger partial charge on any atom is -0.480 e. The molecule has 6 nitrogen and oxygen atoms in total. The highest BCUT2D eigenvalue weighted by Gasteiger charge is 2.41. The van der Waals surface area contributed by atoms with Crippen LogP contribution in [-0.2, 0) is 20.9 Å². The molecule has 1 amide bonds. The zero-order valence-electron chi connectivity index (χ0n) is 12.1. The van der Waals surface area contributed by atoms with Crippen LogP contribution in [0.5, 0.6) is 0 Å². The smallest absolute Gasteiger partial charge is 0.411 e. The molecule has 1 aliphatic heterocycles. The van der Waals surface area contributed by atoms with Crippen molar-refractivity contribution in [3.05, 3.63) is 35.9 Å². The van der Waals surface area contributed by atoms with E-state index in [1.165, 1.54) is 4.90 Å². The summed E-state index contributed by atoms with van der Waals surface area (Å²) in [6.07, 6.45) is -1.43. The Labute approximate surface area is 123 Å². The fourth-order valence-corrected chi connectivity index (χ4v) is 2.45. The number of hydrogen-bond acceptors (Lipinski definition) is 4. The van der Waals surface area contributed by atoms with E-state index in [1.807, 2.05) is 30.3 Å². The standard InChI is InChI=1S/C15H19NO5/c1-10-8-16(13(14(17)18)11(2)21-10)15(19)20-9-12-6-4-3-5-7-12/h3-7,10-11,13H,8-9H2,1-2H3,(H,17,18). The van der Waals surface area contributed by atoms with Gasteiger partial charge in [0.25, 0.3) is 0 Å². The molecule has 0 radical (unpaired) electrons. The van der Waals surface area contributed by atoms with Gasteiger partial charge in [-0.05, 0) is 19.4 Å². The van der Waals surface area contributed by atoms with Gasteiger partial charge in [0.2, 0.25) is 0 Å². The van der Waals surface area contributed by atoms with E-state index in [-0.39, 0.29) is 19.3 Å². The predicted molar refractivity (Wildman–Crippen MR) is 74.8 cm³/mol. The second-order valence-corrected chi connectivity index (χ2v) is 5.13. The Morgan fingerprint density at radius 1 is 1.33 bits per heavy atom. The third-order valence-corrected chi connectivity index (χ3v) is 3.37. The average molecular weight is 293 g/mol. The summed E-state index contributed by atoms with van der Waals surface area (Å²) in [5.41, 5.74) is 0.854. The molecular weight excluding hydrogens is 274 g/mol. The molecule has 1 aromatic rings. The second kappa shape index (κ2) is 6.58. The zero-order valence-corrected chi connectivity index (χ0v) is 12.1. The minimum atomic E-state index is -1.09. The summed E-state index contributed by atoms with van der Waals surface area (Å²) in [6, 6.07) is 8.23. The van der Waals surface area contributed by atoms with E-state index < -0.39 is 24.2 Å². The third kappa shape index (κ3) is 3.72. The van der Waals surface area contributed by atoms with Crippen molar-refractivity contribution < 1.29 is 24.2 Å². The normalized spacial score (nSPS) is 25.4. The molecule has 1 aliphatic rings. The van der Waals surface area contributed by atoms with E-state index in [9.17, 15) is 14.7 Å². The number of rotatable bonds is 3. The molecule has 1 fully saturated rings. The maximum absolute atomic E-state index is 12.2. The first kappa shape index (κ1) is 15.3. The highest BCUT2D eigenvalue weighted by Crippen LogP contribution is 2.20. The van der Waals surface area contributed by atoms with E-state index in [1.54, 1.807) is 13.8 Å². The first-order valence-electron chi connectivity index (χ1n) is 6.84. The van der Waals surface area contributed by atoms with Gasteiger partial charge in [0.05, 0.1) is 18.8 Å². The Balaban J connectivity index is 2.03. The predicted octanol–water partition coefficient (Wildman–Crippen LogP) is 1.89. The SMILES string of the molecule is CC1CN(C(=O)OCc2ccccc2)C(C(=O)O)C(C)O1. The molecule has 21 heavy (non-hydrogen) atoms. The Morgan fingerprint density at radius 3 is 2.62 bits per heavy atom. The van der Waals surface area contributed by atoms with Crippen molar-refractivity contribution in [2.24, 2.45) is 0 Å². The van der Waals surface area contributed by atoms with Crippen LogP contribution in [0.4, 0.5) is 4.79 Å². The Bertz CT molecular complexity index is 504. The van der Waals surface area contributed by atoms with Crippen LogP contribution < -0.4 is 0 Å². The molecule has 1 N–H and O–H groups in total. The molecule has 0 bridgehead atoms. The number of nitrogens with zero attached hydrogens (tertiary/aromatic N) is 1. The number of carboxylic acid groups (broad SMARTS) is 1. The topological polar surface area (TPSA) is 76.1 Å². The lowest BCUT2D eigenvalue weighted by molar-refractivity contribution is -0.159. The van der Waals surface area contributed by atoms with E-state index in [2.05, 4.69) is 0 Å². The van der Waals surface area contributed by atoms with Gasteiger partial charge >= 0.3 is 12.1 Å². The second-order valence-electron chi connectivity index (χ2n) is 5.13. The van der Waals surface area contributed by atoms with Crippen LogP contribution in [0.3, 0.4) is 0 Å². The summed E-state index contributed by atoms with van der Waals surface area (Å²) in [5.74, 6) is -1.09. The molecule has 0 saturated carbocycles. The highest BCUT2D eigenvalue weighted by molar-refractivity contribution is 5.81. The molecule has 114 valence electrons. The molecule has 3 unspecified atom stereocenters. The number of aliphatic carboxylic acids is 1. The first-order valence-corrected chi connectivity index (χ1v) is 6.84. The van der Waals surface area contributed by atoms with Crippen molar-refractivity contribution in [1.29, 1.82) is 0 Å². The van der Waals surface area contributed by atoms with E-state index >= 15 is 0 Å². The summed E-state index contributed by atoms with van der Waals surface area (Å²) < 4.78 is 10.7. The molecular formula is C15H19NO5. The lowest BCUT2D eigenvalue weighted by Gasteiger charge is -2.39. The van der Waals surface area contributed by atoms with Crippen molar-refractivity contribution in [2.75, 3.05) is 6.54 Å². The van der Waals surface area contributed by atoms with E-state index in [0.717, 1.165) is 5.56 Å². The van der Waals surface area contributed by atoms with Gasteiger partial charge in [-0.1, -0.05) is 30.3 Å². The molecule has 0 aliphatic carbocycles. The molecule has 0 aromatic heterocycles. The van der Waals surface area contributed by atoms with Gasteiger partial charge in [-0.15, -0.1) is 0 Å². The van der Waals surface area contributed by atoms with Crippen LogP contribution >= 0.6 is 0 Å². The van der Waals surface area contributed by atoms with Crippen molar-refractivity contribution in [2.45, 2.75) is 38.7 Å². The van der Waals surface area contributed by atoms with Gasteiger partial charge in [-0.2, -0.15) is 0 Å². The minimum absolute atomic E-state index is 0.117. The summed E-state index contributed by atoms with van der Waals surface area (Å²) in [7, 11) is 0. The quantitative estimate of drug-likeness (QED) is 0.921. The fraction of sp³-hybridized carbons (Fsp3) is 0.467. The molecule has 2 rings (SSSR count). The van der Waals surface area contributed by atoms with Gasteiger partial charge in [0, 0.05) is 0 Å². The molecule has 3 atom stereocenters. The average Bonchev–Trinajstić information content (AvgIpc) is 2.44. The van der Waals surface area contributed by atoms with Gasteiger partial charge in [0.1, 0.15) is 6.61 Å². The molecule has 1 saturated heterocycles. The van der Waals surface area contributed by atoms with Crippen LogP contribution in [-0.4, -0.2) is 46.9 Å². The Kier molecular flexibility index (Phi) is 4.80. The number of benzene rings is 1. The molecule has 1 aromatic carbocycles. The number of carbonyl (C=O) groups is 2. The van der Waals surface area contributed by atoms with Gasteiger partial charge in [-0.3, -0.25) is 4.90 Å². The highest BCUT2D eigenvalue weighted by atomic mass is 16.6. The monoisotopic (exact) mass is 293 g/mol. The molecule has 1 heterocycles. The lowest BCUT2D eigenvalue weighted by atomic mass is 10.1. The summed E-state index contributed by atoms with van der Waals surface area (Å²) >= 11 is 0. The maximum atomic E-state index is 12.2. The van der Waals surface area contributed by atoms with Crippen LogP contribution in [0.2, 0.25) is 0 Å². The van der Waals surface area contributed by atoms with Crippen LogP contribution in [0.15, 0.2) is 30.3 Å². The Hall–Kier alpha value is -2.08.